The highest BCUT2D eigenvalue weighted by Crippen LogP contribution is 2.03. The highest BCUT2D eigenvalue weighted by molar-refractivity contribution is 5.56. The largest absolute Gasteiger partial charge is 0.303 e. The van der Waals surface area contributed by atoms with Crippen LogP contribution < -0.4 is 0 Å². The van der Waals surface area contributed by atoms with Crippen LogP contribution in [0, 0.1) is 0 Å². The van der Waals surface area contributed by atoms with E-state index in [1.165, 1.54) is 32.1 Å². The van der Waals surface area contributed by atoms with Crippen molar-refractivity contribution in [1.29, 1.82) is 0 Å². The Hall–Kier alpha value is -0.530. The van der Waals surface area contributed by atoms with Crippen molar-refractivity contribution in [3.8, 4) is 0 Å². The molecule has 0 saturated carbocycles. The highest BCUT2D eigenvalue weighted by atomic mass is 15.4. The van der Waals surface area contributed by atoms with Gasteiger partial charge in [-0.15, -0.1) is 0 Å². The van der Waals surface area contributed by atoms with Gasteiger partial charge in [-0.25, -0.2) is 0 Å². The number of hydrazone groups is 1. The molecule has 0 heterocycles. The van der Waals surface area contributed by atoms with Gasteiger partial charge in [-0.3, -0.25) is 0 Å². The van der Waals surface area contributed by atoms with Gasteiger partial charge in [-0.05, 0) is 12.8 Å². The van der Waals surface area contributed by atoms with Gasteiger partial charge in [0.05, 0.1) is 0 Å². The van der Waals surface area contributed by atoms with Gasteiger partial charge in [0.1, 0.15) is 0 Å². The third-order valence-corrected chi connectivity index (χ3v) is 1.75. The Labute approximate surface area is 76.6 Å². The lowest BCUT2D eigenvalue weighted by atomic mass is 10.1. The second-order valence-corrected chi connectivity index (χ2v) is 3.35. The first kappa shape index (κ1) is 11.5. The summed E-state index contributed by atoms with van der Waals surface area (Å²) in [5.41, 5.74) is 0. The Bertz CT molecular complexity index is 108. The number of nitrogens with zero attached hydrogens (tertiary/aromatic N) is 2. The maximum atomic E-state index is 4.15. The molecule has 0 atom stereocenters. The molecule has 0 aliphatic rings. The van der Waals surface area contributed by atoms with E-state index in [1.807, 2.05) is 25.3 Å². The predicted molar refractivity (Wildman–Crippen MR) is 55.6 cm³/mol. The summed E-state index contributed by atoms with van der Waals surface area (Å²) < 4.78 is 0. The van der Waals surface area contributed by atoms with E-state index < -0.39 is 0 Å². The minimum Gasteiger partial charge on any atom is -0.303 e. The summed E-state index contributed by atoms with van der Waals surface area (Å²) in [5, 5.41) is 5.99. The van der Waals surface area contributed by atoms with Gasteiger partial charge in [0.25, 0.3) is 0 Å². The Balaban J connectivity index is 3.00. The summed E-state index contributed by atoms with van der Waals surface area (Å²) in [5.74, 6) is 0. The van der Waals surface area contributed by atoms with E-state index in [9.17, 15) is 0 Å². The van der Waals surface area contributed by atoms with E-state index >= 15 is 0 Å². The number of hydrogen-bond acceptors (Lipinski definition) is 2. The monoisotopic (exact) mass is 170 g/mol. The second-order valence-electron chi connectivity index (χ2n) is 3.35. The molecule has 2 nitrogen and oxygen atoms in total. The lowest BCUT2D eigenvalue weighted by molar-refractivity contribution is 0.438. The van der Waals surface area contributed by atoms with Gasteiger partial charge in [0.2, 0.25) is 0 Å². The molecule has 0 aliphatic heterocycles. The average Bonchev–Trinajstić information content (AvgIpc) is 2.02. The van der Waals surface area contributed by atoms with Crippen LogP contribution in [0.5, 0.6) is 0 Å². The normalized spacial score (nSPS) is 10.9. The Morgan fingerprint density at radius 1 is 1.08 bits per heavy atom. The lowest BCUT2D eigenvalue weighted by Crippen LogP contribution is -2.01. The van der Waals surface area contributed by atoms with Crippen LogP contribution in [0.15, 0.2) is 5.10 Å². The Morgan fingerprint density at radius 2 is 1.75 bits per heavy atom. The van der Waals surface area contributed by atoms with Crippen molar-refractivity contribution in [2.45, 2.75) is 45.4 Å². The van der Waals surface area contributed by atoms with Crippen LogP contribution in [-0.4, -0.2) is 25.3 Å². The van der Waals surface area contributed by atoms with Gasteiger partial charge >= 0.3 is 0 Å². The summed E-state index contributed by atoms with van der Waals surface area (Å²) in [7, 11) is 3.90. The number of hydrogen-bond donors (Lipinski definition) is 0. The minimum atomic E-state index is 1.13. The van der Waals surface area contributed by atoms with E-state index in [0.29, 0.717) is 0 Å². The van der Waals surface area contributed by atoms with Crippen molar-refractivity contribution in [3.63, 3.8) is 0 Å². The van der Waals surface area contributed by atoms with Gasteiger partial charge in [-0.1, -0.05) is 32.6 Å². The number of unbranched alkanes of at least 4 members (excludes halogenated alkanes) is 5. The van der Waals surface area contributed by atoms with E-state index in [2.05, 4.69) is 12.0 Å². The average molecular weight is 170 g/mol. The first-order valence-corrected chi connectivity index (χ1v) is 4.97. The molecule has 0 fully saturated rings. The Kier molecular flexibility index (Phi) is 8.19. The van der Waals surface area contributed by atoms with Crippen LogP contribution in [0.3, 0.4) is 0 Å². The Morgan fingerprint density at radius 3 is 2.33 bits per heavy atom. The standard InChI is InChI=1S/C10H22N2/c1-4-5-6-7-8-9-10-11-12(2)3/h10H,4-9H2,1-3H3/b11-10+. The van der Waals surface area contributed by atoms with Crippen LogP contribution in [0.2, 0.25) is 0 Å². The molecule has 0 bridgehead atoms. The molecular weight excluding hydrogens is 148 g/mol. The van der Waals surface area contributed by atoms with Crippen LogP contribution in [-0.2, 0) is 0 Å². The minimum absolute atomic E-state index is 1.13. The molecule has 0 aromatic rings. The molecule has 0 saturated heterocycles. The zero-order valence-electron chi connectivity index (χ0n) is 8.71. The quantitative estimate of drug-likeness (QED) is 0.326. The van der Waals surface area contributed by atoms with Crippen molar-refractivity contribution in [3.05, 3.63) is 0 Å². The second kappa shape index (κ2) is 8.57. The molecular formula is C10H22N2. The maximum Gasteiger partial charge on any atom is 0.0244 e. The van der Waals surface area contributed by atoms with E-state index in [4.69, 9.17) is 0 Å². The third-order valence-electron chi connectivity index (χ3n) is 1.75. The van der Waals surface area contributed by atoms with E-state index in [1.54, 1.807) is 0 Å². The first-order valence-electron chi connectivity index (χ1n) is 4.97. The third kappa shape index (κ3) is 9.47. The van der Waals surface area contributed by atoms with Gasteiger partial charge in [0.15, 0.2) is 0 Å². The van der Waals surface area contributed by atoms with Crippen molar-refractivity contribution >= 4 is 6.21 Å². The van der Waals surface area contributed by atoms with Gasteiger partial charge < -0.3 is 5.01 Å². The molecule has 0 aliphatic carbocycles. The van der Waals surface area contributed by atoms with Crippen LogP contribution in [0.25, 0.3) is 0 Å². The fourth-order valence-electron chi connectivity index (χ4n) is 1.06. The summed E-state index contributed by atoms with van der Waals surface area (Å²) in [6, 6.07) is 0. The molecule has 0 spiro atoms. The molecule has 0 aromatic heterocycles. The molecule has 72 valence electrons. The molecule has 12 heavy (non-hydrogen) atoms. The molecule has 0 amide bonds. The van der Waals surface area contributed by atoms with Crippen molar-refractivity contribution in [2.24, 2.45) is 5.10 Å². The fourth-order valence-corrected chi connectivity index (χ4v) is 1.06. The summed E-state index contributed by atoms with van der Waals surface area (Å²) in [4.78, 5) is 0. The van der Waals surface area contributed by atoms with Crippen LogP contribution >= 0.6 is 0 Å². The fraction of sp³-hybridized carbons (Fsp3) is 0.900. The lowest BCUT2D eigenvalue weighted by Gasteiger charge is -2.01. The highest BCUT2D eigenvalue weighted by Gasteiger charge is 1.86. The van der Waals surface area contributed by atoms with Gasteiger partial charge in [-0.2, -0.15) is 5.10 Å². The maximum absolute atomic E-state index is 4.15. The van der Waals surface area contributed by atoms with E-state index in [0.717, 1.165) is 6.42 Å². The first-order chi connectivity index (χ1) is 5.77. The topological polar surface area (TPSA) is 15.6 Å². The molecule has 0 aromatic carbocycles. The van der Waals surface area contributed by atoms with Crippen LogP contribution in [0.4, 0.5) is 0 Å². The molecule has 0 unspecified atom stereocenters. The summed E-state index contributed by atoms with van der Waals surface area (Å²) in [6.45, 7) is 2.24. The molecule has 2 heteroatoms. The molecule has 0 rings (SSSR count). The zero-order valence-corrected chi connectivity index (χ0v) is 8.71. The van der Waals surface area contributed by atoms with Crippen molar-refractivity contribution in [2.75, 3.05) is 14.1 Å². The molecule has 0 radical (unpaired) electrons. The predicted octanol–water partition coefficient (Wildman–Crippen LogP) is 2.89. The smallest absolute Gasteiger partial charge is 0.0244 e. The van der Waals surface area contributed by atoms with Crippen molar-refractivity contribution < 1.29 is 0 Å². The molecule has 0 N–H and O–H groups in total. The zero-order chi connectivity index (χ0) is 9.23. The summed E-state index contributed by atoms with van der Waals surface area (Å²) in [6.07, 6.45) is 9.86. The SMILES string of the molecule is CCCCCCC/C=N/N(C)C. The summed E-state index contributed by atoms with van der Waals surface area (Å²) >= 11 is 0. The van der Waals surface area contributed by atoms with E-state index in [-0.39, 0.29) is 0 Å². The van der Waals surface area contributed by atoms with Gasteiger partial charge in [0, 0.05) is 20.3 Å². The van der Waals surface area contributed by atoms with Crippen molar-refractivity contribution in [1.82, 2.24) is 5.01 Å². The number of rotatable bonds is 7. The van der Waals surface area contributed by atoms with Crippen LogP contribution in [0.1, 0.15) is 45.4 Å².